The van der Waals surface area contributed by atoms with Crippen molar-refractivity contribution >= 4 is 17.6 Å². The van der Waals surface area contributed by atoms with Gasteiger partial charge in [0.15, 0.2) is 0 Å². The highest BCUT2D eigenvalue weighted by Gasteiger charge is 2.31. The minimum atomic E-state index is -0.737. The van der Waals surface area contributed by atoms with Crippen LogP contribution in [0.25, 0.3) is 0 Å². The molecule has 1 fully saturated rings. The fraction of sp³-hybridized carbons (Fsp3) is 0.458. The molecule has 2 aliphatic rings. The number of amides is 2. The number of nitrogens with one attached hydrogen (secondary N) is 1. The first-order valence-electron chi connectivity index (χ1n) is 12.1. The Morgan fingerprint density at radius 1 is 1.19 bits per heavy atom. The van der Waals surface area contributed by atoms with Crippen molar-refractivity contribution in [2.45, 2.75) is 32.0 Å². The van der Waals surface area contributed by atoms with Crippen molar-refractivity contribution in [1.82, 2.24) is 34.8 Å². The fourth-order valence-corrected chi connectivity index (χ4v) is 4.47. The van der Waals surface area contributed by atoms with Crippen LogP contribution < -0.4 is 10.2 Å². The number of halogens is 1. The van der Waals surface area contributed by atoms with Crippen LogP contribution in [0.1, 0.15) is 28.3 Å². The predicted octanol–water partition coefficient (Wildman–Crippen LogP) is 0.702. The number of benzene rings is 1. The molecule has 2 amide bonds. The van der Waals surface area contributed by atoms with Gasteiger partial charge in [0.1, 0.15) is 24.0 Å². The lowest BCUT2D eigenvalue weighted by Gasteiger charge is -2.26. The standard InChI is InChI=1S/C24H29FN8O3/c1-30-21-14-18(6-8-31-10-12-36-13-11-31)28-33(21)9-7-20(24(30)35)27-23(34)22-26-16-32(29-22)15-17-4-2-3-5-19(17)25/h2-5,14,16,20H,6-13,15H2,1H3,(H,27,34)/t20-/m1/s1. The SMILES string of the molecule is CN1C(=O)[C@H](NC(=O)c2ncn(Cc3ccccc3F)n2)CCn2nc(CCN3CCOCC3)cc21. The van der Waals surface area contributed by atoms with Crippen molar-refractivity contribution in [1.29, 1.82) is 0 Å². The van der Waals surface area contributed by atoms with E-state index in [9.17, 15) is 14.0 Å². The lowest BCUT2D eigenvalue weighted by molar-refractivity contribution is -0.120. The maximum atomic E-state index is 13.9. The van der Waals surface area contributed by atoms with Crippen LogP contribution >= 0.6 is 0 Å². The monoisotopic (exact) mass is 496 g/mol. The number of nitrogens with zero attached hydrogens (tertiary/aromatic N) is 7. The number of fused-ring (bicyclic) bond motifs is 1. The van der Waals surface area contributed by atoms with Crippen LogP contribution in [0.4, 0.5) is 10.2 Å². The lowest BCUT2D eigenvalue weighted by atomic mass is 10.2. The Labute approximate surface area is 207 Å². The third-order valence-electron chi connectivity index (χ3n) is 6.53. The second kappa shape index (κ2) is 10.5. The van der Waals surface area contributed by atoms with Crippen molar-refractivity contribution in [3.8, 4) is 0 Å². The van der Waals surface area contributed by atoms with Crippen molar-refractivity contribution in [2.24, 2.45) is 0 Å². The molecule has 0 bridgehead atoms. The van der Waals surface area contributed by atoms with Gasteiger partial charge in [0.2, 0.25) is 5.82 Å². The van der Waals surface area contributed by atoms with Gasteiger partial charge in [-0.15, -0.1) is 5.10 Å². The number of aromatic nitrogens is 5. The van der Waals surface area contributed by atoms with E-state index in [1.165, 1.54) is 22.0 Å². The highest BCUT2D eigenvalue weighted by molar-refractivity contribution is 6.00. The smallest absolute Gasteiger partial charge is 0.291 e. The number of hydrogen-bond donors (Lipinski definition) is 1. The molecule has 2 aliphatic heterocycles. The summed E-state index contributed by atoms with van der Waals surface area (Å²) in [5.74, 6) is -0.504. The summed E-state index contributed by atoms with van der Waals surface area (Å²) in [5, 5.41) is 11.6. The maximum absolute atomic E-state index is 13.9. The molecule has 1 saturated heterocycles. The van der Waals surface area contributed by atoms with Gasteiger partial charge >= 0.3 is 0 Å². The molecule has 4 heterocycles. The van der Waals surface area contributed by atoms with Gasteiger partial charge in [-0.2, -0.15) is 5.10 Å². The number of carbonyl (C=O) groups is 2. The Balaban J connectivity index is 1.19. The van der Waals surface area contributed by atoms with Crippen LogP contribution in [-0.4, -0.2) is 87.2 Å². The van der Waals surface area contributed by atoms with Crippen LogP contribution in [0, 0.1) is 5.82 Å². The Hall–Kier alpha value is -3.64. The summed E-state index contributed by atoms with van der Waals surface area (Å²) in [6.45, 7) is 4.88. The van der Waals surface area contributed by atoms with Crippen LogP contribution in [-0.2, 0) is 29.0 Å². The molecule has 1 atom stereocenters. The summed E-state index contributed by atoms with van der Waals surface area (Å²) >= 11 is 0. The molecule has 0 radical (unpaired) electrons. The van der Waals surface area contributed by atoms with E-state index in [-0.39, 0.29) is 24.1 Å². The molecule has 5 rings (SSSR count). The van der Waals surface area contributed by atoms with E-state index in [1.54, 1.807) is 25.2 Å². The van der Waals surface area contributed by atoms with Crippen LogP contribution in [0.2, 0.25) is 0 Å². The van der Waals surface area contributed by atoms with Gasteiger partial charge < -0.3 is 10.1 Å². The molecule has 2 aromatic heterocycles. The lowest BCUT2D eigenvalue weighted by Crippen LogP contribution is -2.47. The zero-order valence-corrected chi connectivity index (χ0v) is 20.1. The molecule has 0 spiro atoms. The highest BCUT2D eigenvalue weighted by atomic mass is 19.1. The summed E-state index contributed by atoms with van der Waals surface area (Å²) in [4.78, 5) is 33.8. The van der Waals surface area contributed by atoms with Crippen LogP contribution in [0.5, 0.6) is 0 Å². The molecular weight excluding hydrogens is 467 g/mol. The number of ether oxygens (including phenoxy) is 1. The number of likely N-dealkylation sites (N-methyl/N-ethyl adjacent to an activating group) is 1. The Morgan fingerprint density at radius 2 is 2.00 bits per heavy atom. The number of rotatable bonds is 7. The maximum Gasteiger partial charge on any atom is 0.291 e. The minimum Gasteiger partial charge on any atom is -0.379 e. The van der Waals surface area contributed by atoms with Gasteiger partial charge in [-0.25, -0.2) is 18.7 Å². The number of morpholine rings is 1. The van der Waals surface area contributed by atoms with Gasteiger partial charge in [-0.1, -0.05) is 18.2 Å². The quantitative estimate of drug-likeness (QED) is 0.513. The van der Waals surface area contributed by atoms with Gasteiger partial charge in [-0.05, 0) is 12.5 Å². The van der Waals surface area contributed by atoms with E-state index in [0.29, 0.717) is 24.3 Å². The van der Waals surface area contributed by atoms with Crippen molar-refractivity contribution < 1.29 is 18.7 Å². The number of aryl methyl sites for hydroxylation is 1. The number of hydrogen-bond acceptors (Lipinski definition) is 7. The third-order valence-corrected chi connectivity index (χ3v) is 6.53. The second-order valence-corrected chi connectivity index (χ2v) is 8.99. The average molecular weight is 497 g/mol. The number of anilines is 1. The molecule has 12 heteroatoms. The van der Waals surface area contributed by atoms with Gasteiger partial charge in [-0.3, -0.25) is 19.4 Å². The molecule has 36 heavy (non-hydrogen) atoms. The van der Waals surface area contributed by atoms with Crippen molar-refractivity contribution in [2.75, 3.05) is 44.8 Å². The first-order chi connectivity index (χ1) is 17.5. The van der Waals surface area contributed by atoms with Crippen LogP contribution in [0.3, 0.4) is 0 Å². The summed E-state index contributed by atoms with van der Waals surface area (Å²) in [6.07, 6.45) is 2.56. The molecule has 3 aromatic rings. The zero-order valence-electron chi connectivity index (χ0n) is 20.1. The first kappa shape index (κ1) is 24.1. The fourth-order valence-electron chi connectivity index (χ4n) is 4.47. The topological polar surface area (TPSA) is 110 Å². The minimum absolute atomic E-state index is 0.0748. The van der Waals surface area contributed by atoms with Crippen molar-refractivity contribution in [3.05, 3.63) is 59.6 Å². The molecule has 1 aromatic carbocycles. The summed E-state index contributed by atoms with van der Waals surface area (Å²) < 4.78 is 22.5. The predicted molar refractivity (Wildman–Crippen MR) is 128 cm³/mol. The van der Waals surface area contributed by atoms with E-state index >= 15 is 0 Å². The molecular formula is C24H29FN8O3. The molecule has 0 aliphatic carbocycles. The molecule has 0 saturated carbocycles. The highest BCUT2D eigenvalue weighted by Crippen LogP contribution is 2.22. The summed E-state index contributed by atoms with van der Waals surface area (Å²) in [5.41, 5.74) is 1.37. The Morgan fingerprint density at radius 3 is 2.81 bits per heavy atom. The molecule has 1 N–H and O–H groups in total. The van der Waals surface area contributed by atoms with E-state index in [2.05, 4.69) is 20.3 Å². The van der Waals surface area contributed by atoms with Gasteiger partial charge in [0.25, 0.3) is 11.8 Å². The average Bonchev–Trinajstić information content (AvgIpc) is 3.51. The first-order valence-corrected chi connectivity index (χ1v) is 12.1. The number of carbonyl (C=O) groups excluding carboxylic acids is 2. The van der Waals surface area contributed by atoms with Gasteiger partial charge in [0.05, 0.1) is 25.5 Å². The van der Waals surface area contributed by atoms with E-state index < -0.39 is 11.9 Å². The van der Waals surface area contributed by atoms with E-state index in [1.807, 2.05) is 10.7 Å². The van der Waals surface area contributed by atoms with E-state index in [4.69, 9.17) is 9.84 Å². The Bertz CT molecular complexity index is 1240. The zero-order chi connectivity index (χ0) is 25.1. The molecule has 0 unspecified atom stereocenters. The molecule has 11 nitrogen and oxygen atoms in total. The van der Waals surface area contributed by atoms with E-state index in [0.717, 1.165) is 45.0 Å². The van der Waals surface area contributed by atoms with Gasteiger partial charge in [0, 0.05) is 51.3 Å². The largest absolute Gasteiger partial charge is 0.379 e. The Kier molecular flexibility index (Phi) is 7.05. The third kappa shape index (κ3) is 5.29. The summed E-state index contributed by atoms with van der Waals surface area (Å²) in [6, 6.07) is 7.56. The normalized spacial score (nSPS) is 18.7. The molecule has 190 valence electrons. The van der Waals surface area contributed by atoms with Crippen LogP contribution in [0.15, 0.2) is 36.7 Å². The summed E-state index contributed by atoms with van der Waals surface area (Å²) in [7, 11) is 1.69. The van der Waals surface area contributed by atoms with Crippen molar-refractivity contribution in [3.63, 3.8) is 0 Å². The second-order valence-electron chi connectivity index (χ2n) is 8.99.